The van der Waals surface area contributed by atoms with Crippen molar-refractivity contribution in [3.8, 4) is 5.75 Å². The Bertz CT molecular complexity index is 1270. The van der Waals surface area contributed by atoms with Crippen molar-refractivity contribution in [2.24, 2.45) is 0 Å². The minimum Gasteiger partial charge on any atom is -0.465 e. The van der Waals surface area contributed by atoms with E-state index < -0.39 is 22.1 Å². The molecule has 1 unspecified atom stereocenters. The average Bonchev–Trinajstić information content (AvgIpc) is 2.94. The van der Waals surface area contributed by atoms with Crippen LogP contribution in [-0.2, 0) is 0 Å². The third-order valence-electron chi connectivity index (χ3n) is 5.85. The summed E-state index contributed by atoms with van der Waals surface area (Å²) in [5.41, 5.74) is 0. The molecule has 0 bridgehead atoms. The van der Waals surface area contributed by atoms with Gasteiger partial charge in [0.15, 0.2) is 0 Å². The number of hydrogen-bond donors (Lipinski definition) is 1. The number of aliphatic hydroxyl groups excluding tert-OH is 1. The summed E-state index contributed by atoms with van der Waals surface area (Å²) in [6, 6.07) is 50.2. The molecule has 0 radical (unpaired) electrons. The second-order valence-corrected chi connectivity index (χ2v) is 12.8. The van der Waals surface area contributed by atoms with E-state index >= 15 is 0 Å². The maximum Gasteiger partial charge on any atom is 0.201 e. The molecule has 0 aliphatic rings. The van der Waals surface area contributed by atoms with Crippen LogP contribution in [-0.4, -0.2) is 17.6 Å². The molecule has 0 saturated heterocycles. The van der Waals surface area contributed by atoms with Crippen molar-refractivity contribution in [2.75, 3.05) is 6.16 Å². The number of benzene rings is 5. The predicted molar refractivity (Wildman–Crippen MR) is 156 cm³/mol. The highest BCUT2D eigenvalue weighted by Crippen LogP contribution is 2.36. The van der Waals surface area contributed by atoms with E-state index in [-0.39, 0.29) is 0 Å². The number of hydrogen-bond acceptors (Lipinski definition) is 2. The maximum atomic E-state index is 11.1. The van der Waals surface area contributed by atoms with Crippen molar-refractivity contribution < 1.29 is 9.84 Å². The molecule has 1 N–H and O–H groups in total. The highest BCUT2D eigenvalue weighted by Gasteiger charge is 2.21. The van der Waals surface area contributed by atoms with Crippen LogP contribution in [0, 0.1) is 0 Å². The zero-order valence-corrected chi connectivity index (χ0v) is 21.7. The number of aliphatic hydroxyl groups is 1. The molecule has 0 saturated carbocycles. The third kappa shape index (κ3) is 6.10. The number of ether oxygens (including phenoxy) is 1. The fraction of sp³-hybridized carbons (Fsp3) is 0.0625. The first-order chi connectivity index (χ1) is 17.8. The van der Waals surface area contributed by atoms with Gasteiger partial charge in [-0.1, -0.05) is 133 Å². The molecule has 0 aromatic heterocycles. The zero-order valence-electron chi connectivity index (χ0n) is 19.9. The second-order valence-electron chi connectivity index (χ2n) is 8.36. The van der Waals surface area contributed by atoms with Crippen LogP contribution in [0.1, 0.15) is 0 Å². The topological polar surface area (TPSA) is 29.5 Å². The normalized spacial score (nSPS) is 12.0. The van der Waals surface area contributed by atoms with Gasteiger partial charge in [-0.2, -0.15) is 0 Å². The van der Waals surface area contributed by atoms with Crippen molar-refractivity contribution in [1.82, 2.24) is 0 Å². The molecule has 0 heterocycles. The SMILES string of the molecule is OC(CP(c1ccccc1)c1ccccc1)Oc1cccc(P(c2ccccc2)c2ccccc2)c1. The fourth-order valence-electron chi connectivity index (χ4n) is 4.22. The maximum absolute atomic E-state index is 11.1. The summed E-state index contributed by atoms with van der Waals surface area (Å²) in [4.78, 5) is 0. The van der Waals surface area contributed by atoms with Gasteiger partial charge >= 0.3 is 0 Å². The molecule has 1 atom stereocenters. The standard InChI is InChI=1S/C32H28O2P2/c33-32(25-35(27-15-5-1-6-16-27)28-17-7-2-8-18-28)34-26-14-13-23-31(24-26)36(29-19-9-3-10-20-29)30-21-11-4-12-22-30/h1-24,32-33H,25H2. The van der Waals surface area contributed by atoms with Gasteiger partial charge in [0.05, 0.1) is 0 Å². The zero-order chi connectivity index (χ0) is 24.6. The van der Waals surface area contributed by atoms with Crippen LogP contribution in [0.3, 0.4) is 0 Å². The lowest BCUT2D eigenvalue weighted by atomic mass is 10.3. The summed E-state index contributed by atoms with van der Waals surface area (Å²) in [5.74, 6) is 0.690. The Kier molecular flexibility index (Phi) is 8.21. The van der Waals surface area contributed by atoms with E-state index in [9.17, 15) is 5.11 Å². The summed E-state index contributed by atoms with van der Waals surface area (Å²) in [7, 11) is -1.48. The Labute approximate surface area is 215 Å². The van der Waals surface area contributed by atoms with Crippen LogP contribution in [0.15, 0.2) is 146 Å². The van der Waals surface area contributed by atoms with Crippen molar-refractivity contribution in [3.05, 3.63) is 146 Å². The molecule has 5 aromatic rings. The van der Waals surface area contributed by atoms with Crippen LogP contribution in [0.4, 0.5) is 0 Å². The van der Waals surface area contributed by atoms with Crippen LogP contribution >= 0.6 is 15.8 Å². The van der Waals surface area contributed by atoms with E-state index in [1.807, 2.05) is 24.3 Å². The highest BCUT2D eigenvalue weighted by atomic mass is 31.1. The first-order valence-electron chi connectivity index (χ1n) is 12.0. The summed E-state index contributed by atoms with van der Waals surface area (Å²) >= 11 is 0. The van der Waals surface area contributed by atoms with Gasteiger partial charge < -0.3 is 9.84 Å². The van der Waals surface area contributed by atoms with E-state index in [2.05, 4.69) is 121 Å². The van der Waals surface area contributed by atoms with Gasteiger partial charge in [-0.15, -0.1) is 0 Å². The lowest BCUT2D eigenvalue weighted by Crippen LogP contribution is -2.26. The first kappa shape index (κ1) is 24.4. The van der Waals surface area contributed by atoms with E-state index in [0.29, 0.717) is 11.9 Å². The van der Waals surface area contributed by atoms with E-state index in [4.69, 9.17) is 4.74 Å². The predicted octanol–water partition coefficient (Wildman–Crippen LogP) is 5.27. The Balaban J connectivity index is 1.40. The molecule has 5 aromatic carbocycles. The van der Waals surface area contributed by atoms with Gasteiger partial charge in [0, 0.05) is 6.16 Å². The molecular weight excluding hydrogens is 478 g/mol. The van der Waals surface area contributed by atoms with Gasteiger partial charge in [-0.25, -0.2) is 0 Å². The lowest BCUT2D eigenvalue weighted by molar-refractivity contribution is 0.00331. The molecule has 178 valence electrons. The molecule has 0 fully saturated rings. The Morgan fingerprint density at radius 2 is 0.917 bits per heavy atom. The second kappa shape index (κ2) is 12.1. The van der Waals surface area contributed by atoms with Crippen LogP contribution in [0.25, 0.3) is 0 Å². The average molecular weight is 507 g/mol. The molecule has 2 nitrogen and oxygen atoms in total. The summed E-state index contributed by atoms with van der Waals surface area (Å²) in [6.45, 7) is 0. The smallest absolute Gasteiger partial charge is 0.201 e. The molecule has 5 rings (SSSR count). The first-order valence-corrected chi connectivity index (χ1v) is 14.9. The molecule has 0 spiro atoms. The van der Waals surface area contributed by atoms with E-state index in [0.717, 1.165) is 0 Å². The van der Waals surface area contributed by atoms with Crippen molar-refractivity contribution >= 4 is 42.4 Å². The fourth-order valence-corrected chi connectivity index (χ4v) is 8.72. The van der Waals surface area contributed by atoms with Crippen molar-refractivity contribution in [3.63, 3.8) is 0 Å². The van der Waals surface area contributed by atoms with Gasteiger partial charge in [0.1, 0.15) is 5.75 Å². The molecule has 0 aliphatic carbocycles. The number of rotatable bonds is 9. The minimum atomic E-state index is -0.911. The Morgan fingerprint density at radius 3 is 1.39 bits per heavy atom. The van der Waals surface area contributed by atoms with Gasteiger partial charge in [-0.05, 0) is 54.5 Å². The minimum absolute atomic E-state index is 0.528. The van der Waals surface area contributed by atoms with Gasteiger partial charge in [0.2, 0.25) is 6.29 Å². The summed E-state index contributed by atoms with van der Waals surface area (Å²) in [5, 5.41) is 17.3. The largest absolute Gasteiger partial charge is 0.465 e. The quantitative estimate of drug-likeness (QED) is 0.218. The summed E-state index contributed by atoms with van der Waals surface area (Å²) in [6.07, 6.45) is -0.383. The van der Waals surface area contributed by atoms with Crippen LogP contribution in [0.5, 0.6) is 5.75 Å². The third-order valence-corrected chi connectivity index (χ3v) is 10.8. The van der Waals surface area contributed by atoms with Crippen molar-refractivity contribution in [2.45, 2.75) is 6.29 Å². The monoisotopic (exact) mass is 506 g/mol. The van der Waals surface area contributed by atoms with E-state index in [1.54, 1.807) is 0 Å². The summed E-state index contributed by atoms with van der Waals surface area (Å²) < 4.78 is 6.13. The highest BCUT2D eigenvalue weighted by molar-refractivity contribution is 7.79. The molecule has 0 aliphatic heterocycles. The molecule has 0 amide bonds. The van der Waals surface area contributed by atoms with Gasteiger partial charge in [0.25, 0.3) is 0 Å². The van der Waals surface area contributed by atoms with Crippen LogP contribution < -0.4 is 31.3 Å². The molecular formula is C32H28O2P2. The van der Waals surface area contributed by atoms with Crippen LogP contribution in [0.2, 0.25) is 0 Å². The lowest BCUT2D eigenvalue weighted by Gasteiger charge is -2.23. The Hall–Kier alpha value is -3.28. The molecule has 36 heavy (non-hydrogen) atoms. The van der Waals surface area contributed by atoms with Gasteiger partial charge in [-0.3, -0.25) is 0 Å². The van der Waals surface area contributed by atoms with E-state index in [1.165, 1.54) is 26.5 Å². The Morgan fingerprint density at radius 1 is 0.500 bits per heavy atom. The molecule has 4 heteroatoms. The van der Waals surface area contributed by atoms with Crippen molar-refractivity contribution in [1.29, 1.82) is 0 Å².